The van der Waals surface area contributed by atoms with Crippen LogP contribution in [0.3, 0.4) is 0 Å². The van der Waals surface area contributed by atoms with Crippen molar-refractivity contribution in [2.75, 3.05) is 6.61 Å². The van der Waals surface area contributed by atoms with Gasteiger partial charge in [-0.3, -0.25) is 14.3 Å². The summed E-state index contributed by atoms with van der Waals surface area (Å²) >= 11 is 0. The first kappa shape index (κ1) is 20.0. The number of carbonyl (C=O) groups is 1. The van der Waals surface area contributed by atoms with E-state index in [9.17, 15) is 33.5 Å². The Balaban J connectivity index is 3.11. The third-order valence-corrected chi connectivity index (χ3v) is 4.54. The molecule has 0 radical (unpaired) electrons. The van der Waals surface area contributed by atoms with Gasteiger partial charge in [-0.1, -0.05) is 0 Å². The van der Waals surface area contributed by atoms with Crippen LogP contribution >= 0.6 is 0 Å². The van der Waals surface area contributed by atoms with Crippen molar-refractivity contribution in [3.8, 4) is 0 Å². The molecule has 0 fully saturated rings. The number of ether oxygens (including phenoxy) is 1. The molecule has 1 aromatic carbocycles. The summed E-state index contributed by atoms with van der Waals surface area (Å²) < 4.78 is 33.6. The Bertz CT molecular complexity index is 722. The first-order valence-corrected chi connectivity index (χ1v) is 8.08. The Morgan fingerprint density at radius 2 is 1.75 bits per heavy atom. The van der Waals surface area contributed by atoms with Crippen LogP contribution in [0.4, 0.5) is 5.69 Å². The summed E-state index contributed by atoms with van der Waals surface area (Å²) in [6.07, 6.45) is 0. The maximum absolute atomic E-state index is 12.2. The lowest BCUT2D eigenvalue weighted by atomic mass is 9.98. The SMILES string of the molecule is CCOC(=O)C(O)(O)C(C)(C)OS(=O)(=O)c1ccc([N+](=O)[O-])cc1. The molecule has 0 aliphatic heterocycles. The van der Waals surface area contributed by atoms with Crippen molar-refractivity contribution >= 4 is 21.8 Å². The van der Waals surface area contributed by atoms with E-state index in [1.165, 1.54) is 6.92 Å². The molecule has 0 saturated carbocycles. The maximum atomic E-state index is 12.2. The van der Waals surface area contributed by atoms with Crippen molar-refractivity contribution in [3.05, 3.63) is 34.4 Å². The summed E-state index contributed by atoms with van der Waals surface area (Å²) in [4.78, 5) is 21.0. The molecule has 0 amide bonds. The van der Waals surface area contributed by atoms with Crippen LogP contribution < -0.4 is 0 Å². The molecule has 0 bridgehead atoms. The second-order valence-electron chi connectivity index (χ2n) is 5.19. The molecular formula is C13H17NO9S. The van der Waals surface area contributed by atoms with Crippen LogP contribution in [-0.2, 0) is 23.8 Å². The van der Waals surface area contributed by atoms with Crippen molar-refractivity contribution in [3.63, 3.8) is 0 Å². The highest BCUT2D eigenvalue weighted by Gasteiger charge is 2.54. The third-order valence-electron chi connectivity index (χ3n) is 3.05. The number of benzene rings is 1. The van der Waals surface area contributed by atoms with E-state index < -0.39 is 37.3 Å². The van der Waals surface area contributed by atoms with Gasteiger partial charge in [-0.05, 0) is 32.9 Å². The Kier molecular flexibility index (Phi) is 5.66. The van der Waals surface area contributed by atoms with E-state index in [0.717, 1.165) is 38.1 Å². The minimum absolute atomic E-state index is 0.160. The smallest absolute Gasteiger partial charge is 0.369 e. The zero-order valence-electron chi connectivity index (χ0n) is 13.1. The first-order valence-electron chi connectivity index (χ1n) is 6.67. The van der Waals surface area contributed by atoms with Crippen LogP contribution in [0.15, 0.2) is 29.2 Å². The normalized spacial score (nSPS) is 12.7. The fraction of sp³-hybridized carbons (Fsp3) is 0.462. The Morgan fingerprint density at radius 3 is 2.17 bits per heavy atom. The quantitative estimate of drug-likeness (QED) is 0.229. The molecule has 1 rings (SSSR count). The number of carbonyl (C=O) groups excluding carboxylic acids is 1. The average Bonchev–Trinajstić information content (AvgIpc) is 2.46. The monoisotopic (exact) mass is 363 g/mol. The molecule has 1 aromatic rings. The van der Waals surface area contributed by atoms with Crippen LogP contribution in [0.5, 0.6) is 0 Å². The van der Waals surface area contributed by atoms with Gasteiger partial charge < -0.3 is 14.9 Å². The van der Waals surface area contributed by atoms with Crippen molar-refractivity contribution in [1.82, 2.24) is 0 Å². The molecule has 11 heteroatoms. The number of non-ortho nitro benzene ring substituents is 1. The molecule has 10 nitrogen and oxygen atoms in total. The van der Waals surface area contributed by atoms with Crippen LogP contribution in [0.2, 0.25) is 0 Å². The number of hydrogen-bond donors (Lipinski definition) is 2. The maximum Gasteiger partial charge on any atom is 0.369 e. The summed E-state index contributed by atoms with van der Waals surface area (Å²) in [5.74, 6) is -4.72. The van der Waals surface area contributed by atoms with Gasteiger partial charge in [0.2, 0.25) is 0 Å². The van der Waals surface area contributed by atoms with Crippen molar-refractivity contribution in [2.45, 2.75) is 37.1 Å². The highest BCUT2D eigenvalue weighted by atomic mass is 32.2. The van der Waals surface area contributed by atoms with Crippen molar-refractivity contribution in [2.24, 2.45) is 0 Å². The second kappa shape index (κ2) is 6.81. The summed E-state index contributed by atoms with van der Waals surface area (Å²) in [5, 5.41) is 30.3. The van der Waals surface area contributed by atoms with E-state index in [4.69, 9.17) is 4.18 Å². The summed E-state index contributed by atoms with van der Waals surface area (Å²) in [6.45, 7) is 3.20. The molecule has 0 spiro atoms. The molecule has 0 atom stereocenters. The van der Waals surface area contributed by atoms with Gasteiger partial charge in [-0.2, -0.15) is 8.42 Å². The van der Waals surface area contributed by atoms with Gasteiger partial charge in [0.25, 0.3) is 21.6 Å². The number of nitrogens with zero attached hydrogens (tertiary/aromatic N) is 1. The van der Waals surface area contributed by atoms with Gasteiger partial charge in [-0.25, -0.2) is 4.79 Å². The predicted octanol–water partition coefficient (Wildman–Crippen LogP) is 0.323. The van der Waals surface area contributed by atoms with E-state index in [1.807, 2.05) is 0 Å². The van der Waals surface area contributed by atoms with Gasteiger partial charge in [0.1, 0.15) is 5.60 Å². The molecule has 0 unspecified atom stereocenters. The van der Waals surface area contributed by atoms with Crippen LogP contribution in [0, 0.1) is 10.1 Å². The lowest BCUT2D eigenvalue weighted by molar-refractivity contribution is -0.384. The summed E-state index contributed by atoms with van der Waals surface area (Å²) in [6, 6.07) is 3.73. The number of esters is 1. The molecule has 0 aromatic heterocycles. The molecule has 24 heavy (non-hydrogen) atoms. The summed E-state index contributed by atoms with van der Waals surface area (Å²) in [5.41, 5.74) is -2.63. The highest BCUT2D eigenvalue weighted by Crippen LogP contribution is 2.30. The lowest BCUT2D eigenvalue weighted by Crippen LogP contribution is -2.58. The second-order valence-corrected chi connectivity index (χ2v) is 6.74. The van der Waals surface area contributed by atoms with E-state index in [2.05, 4.69) is 4.74 Å². The zero-order valence-corrected chi connectivity index (χ0v) is 13.9. The Morgan fingerprint density at radius 1 is 1.25 bits per heavy atom. The number of nitro benzene ring substituents is 1. The first-order chi connectivity index (χ1) is 10.8. The van der Waals surface area contributed by atoms with Crippen LogP contribution in [0.25, 0.3) is 0 Å². The number of rotatable bonds is 7. The molecule has 0 heterocycles. The van der Waals surface area contributed by atoms with Crippen LogP contribution in [-0.4, -0.2) is 47.5 Å². The molecule has 0 aliphatic rings. The summed E-state index contributed by atoms with van der Waals surface area (Å²) in [7, 11) is -4.54. The van der Waals surface area contributed by atoms with Crippen molar-refractivity contribution in [1.29, 1.82) is 0 Å². The van der Waals surface area contributed by atoms with E-state index in [0.29, 0.717) is 0 Å². The Labute approximate surface area is 137 Å². The number of hydrogen-bond acceptors (Lipinski definition) is 9. The van der Waals surface area contributed by atoms with Gasteiger partial charge in [-0.15, -0.1) is 0 Å². The van der Waals surface area contributed by atoms with Gasteiger partial charge in [0.05, 0.1) is 16.4 Å². The van der Waals surface area contributed by atoms with Gasteiger partial charge >= 0.3 is 5.97 Å². The molecule has 2 N–H and O–H groups in total. The number of nitro groups is 1. The van der Waals surface area contributed by atoms with E-state index >= 15 is 0 Å². The largest absolute Gasteiger partial charge is 0.462 e. The molecule has 134 valence electrons. The average molecular weight is 363 g/mol. The number of aliphatic hydroxyl groups is 2. The highest BCUT2D eigenvalue weighted by molar-refractivity contribution is 7.86. The van der Waals surface area contributed by atoms with Gasteiger partial charge in [0.15, 0.2) is 0 Å². The van der Waals surface area contributed by atoms with E-state index in [-0.39, 0.29) is 12.3 Å². The third kappa shape index (κ3) is 4.06. The molecule has 0 saturated heterocycles. The fourth-order valence-electron chi connectivity index (χ4n) is 1.59. The minimum atomic E-state index is -4.54. The fourth-order valence-corrected chi connectivity index (χ4v) is 2.82. The van der Waals surface area contributed by atoms with Crippen LogP contribution in [0.1, 0.15) is 20.8 Å². The molecular weight excluding hydrogens is 346 g/mol. The topological polar surface area (TPSA) is 153 Å². The standard InChI is InChI=1S/C13H17NO9S/c1-4-22-11(15)13(16,17)12(2,3)23-24(20,21)10-7-5-9(6-8-10)14(18)19/h5-8,16-17H,4H2,1-3H3. The Hall–Kier alpha value is -2.08. The van der Waals surface area contributed by atoms with Gasteiger partial charge in [0, 0.05) is 12.1 Å². The van der Waals surface area contributed by atoms with Crippen molar-refractivity contribution < 1.29 is 37.3 Å². The minimum Gasteiger partial charge on any atom is -0.462 e. The molecule has 0 aliphatic carbocycles. The van der Waals surface area contributed by atoms with E-state index in [1.54, 1.807) is 0 Å². The zero-order chi connectivity index (χ0) is 18.8. The lowest BCUT2D eigenvalue weighted by Gasteiger charge is -2.34. The predicted molar refractivity (Wildman–Crippen MR) is 79.2 cm³/mol.